The molecule has 126 valence electrons. The Kier molecular flexibility index (Phi) is 4.35. The van der Waals surface area contributed by atoms with E-state index in [1.54, 1.807) is 41.0 Å². The van der Waals surface area contributed by atoms with Crippen molar-refractivity contribution in [1.29, 1.82) is 0 Å². The Labute approximate surface area is 143 Å². The number of hydrogen-bond donors (Lipinski definition) is 2. The number of aryl methyl sites for hydroxylation is 1. The second-order valence-electron chi connectivity index (χ2n) is 5.41. The predicted octanol–water partition coefficient (Wildman–Crippen LogP) is 3.18. The van der Waals surface area contributed by atoms with Gasteiger partial charge in [-0.1, -0.05) is 24.3 Å². The highest BCUT2D eigenvalue weighted by Crippen LogP contribution is 2.26. The number of carboxylic acids is 1. The van der Waals surface area contributed by atoms with E-state index in [2.05, 4.69) is 4.99 Å². The van der Waals surface area contributed by atoms with Crippen molar-refractivity contribution in [1.82, 2.24) is 4.57 Å². The fourth-order valence-corrected chi connectivity index (χ4v) is 2.74. The maximum absolute atomic E-state index is 12.7. The maximum Gasteiger partial charge on any atom is 0.337 e. The number of aliphatic imine (C=N–C) groups is 1. The molecule has 1 heterocycles. The summed E-state index contributed by atoms with van der Waals surface area (Å²) >= 11 is 0. The van der Waals surface area contributed by atoms with Gasteiger partial charge >= 0.3 is 5.97 Å². The minimum Gasteiger partial charge on any atom is -0.506 e. The molecule has 0 radical (unpaired) electrons. The van der Waals surface area contributed by atoms with Gasteiger partial charge < -0.3 is 14.8 Å². The number of hydrogen-bond acceptors (Lipinski definition) is 4. The number of fused-ring (bicyclic) bond motifs is 1. The molecular weight excluding hydrogens is 320 g/mol. The van der Waals surface area contributed by atoms with E-state index in [1.807, 2.05) is 6.92 Å². The van der Waals surface area contributed by atoms with E-state index in [4.69, 9.17) is 0 Å². The summed E-state index contributed by atoms with van der Waals surface area (Å²) in [4.78, 5) is 28.0. The van der Waals surface area contributed by atoms with E-state index in [9.17, 15) is 19.8 Å². The van der Waals surface area contributed by atoms with Gasteiger partial charge in [-0.2, -0.15) is 0 Å². The number of para-hydroxylation sites is 2. The number of nitrogens with zero attached hydrogens (tertiary/aromatic N) is 2. The first kappa shape index (κ1) is 16.4. The average molecular weight is 336 g/mol. The molecule has 0 atom stereocenters. The van der Waals surface area contributed by atoms with Gasteiger partial charge in [-0.15, -0.1) is 0 Å². The number of pyridine rings is 1. The lowest BCUT2D eigenvalue weighted by atomic mass is 10.1. The van der Waals surface area contributed by atoms with Gasteiger partial charge in [0.05, 0.1) is 16.8 Å². The van der Waals surface area contributed by atoms with Crippen molar-refractivity contribution in [2.45, 2.75) is 13.5 Å². The van der Waals surface area contributed by atoms with E-state index >= 15 is 0 Å². The number of rotatable bonds is 4. The predicted molar refractivity (Wildman–Crippen MR) is 96.2 cm³/mol. The topological polar surface area (TPSA) is 91.9 Å². The fraction of sp³-hybridized carbons (Fsp3) is 0.105. The SMILES string of the molecule is CCn1c(=O)c(C=Nc2ccccc2C(=O)O)c(O)c2ccccc21. The zero-order valence-corrected chi connectivity index (χ0v) is 13.5. The molecule has 2 aromatic carbocycles. The van der Waals surface area contributed by atoms with Gasteiger partial charge in [0.1, 0.15) is 11.3 Å². The van der Waals surface area contributed by atoms with E-state index in [0.717, 1.165) is 0 Å². The third-order valence-corrected chi connectivity index (χ3v) is 3.96. The maximum atomic E-state index is 12.7. The van der Waals surface area contributed by atoms with Crippen LogP contribution in [-0.2, 0) is 6.54 Å². The van der Waals surface area contributed by atoms with Crippen LogP contribution in [0.4, 0.5) is 5.69 Å². The summed E-state index contributed by atoms with van der Waals surface area (Å²) in [5, 5.41) is 20.2. The molecule has 0 saturated heterocycles. The van der Waals surface area contributed by atoms with Gasteiger partial charge in [-0.05, 0) is 31.2 Å². The molecule has 0 saturated carbocycles. The second kappa shape index (κ2) is 6.60. The van der Waals surface area contributed by atoms with Crippen molar-refractivity contribution in [3.63, 3.8) is 0 Å². The Hall–Kier alpha value is -3.41. The molecule has 6 heteroatoms. The minimum atomic E-state index is -1.11. The molecule has 3 rings (SSSR count). The van der Waals surface area contributed by atoms with Crippen LogP contribution in [0.25, 0.3) is 10.9 Å². The van der Waals surface area contributed by atoms with Crippen molar-refractivity contribution < 1.29 is 15.0 Å². The number of aromatic carboxylic acids is 1. The number of aromatic hydroxyl groups is 1. The standard InChI is InChI=1S/C19H16N2O4/c1-2-21-16-10-6-4-8-13(16)17(22)14(18(21)23)11-20-15-9-5-3-7-12(15)19(24)25/h3-11,22H,2H2,1H3,(H,24,25). The van der Waals surface area contributed by atoms with Crippen LogP contribution >= 0.6 is 0 Å². The molecule has 3 aromatic rings. The lowest BCUT2D eigenvalue weighted by Crippen LogP contribution is -2.23. The van der Waals surface area contributed by atoms with Crippen LogP contribution in [0.2, 0.25) is 0 Å². The Morgan fingerprint density at radius 3 is 2.56 bits per heavy atom. The van der Waals surface area contributed by atoms with Gasteiger partial charge in [-0.3, -0.25) is 9.79 Å². The summed E-state index contributed by atoms with van der Waals surface area (Å²) in [7, 11) is 0. The summed E-state index contributed by atoms with van der Waals surface area (Å²) in [6.07, 6.45) is 1.22. The van der Waals surface area contributed by atoms with Gasteiger partial charge in [0.25, 0.3) is 5.56 Å². The molecule has 0 aliphatic carbocycles. The first-order valence-electron chi connectivity index (χ1n) is 7.75. The summed E-state index contributed by atoms with van der Waals surface area (Å²) in [6.45, 7) is 2.28. The van der Waals surface area contributed by atoms with Crippen LogP contribution in [0.1, 0.15) is 22.8 Å². The summed E-state index contributed by atoms with van der Waals surface area (Å²) in [5.74, 6) is -1.27. The zero-order valence-electron chi connectivity index (χ0n) is 13.5. The Morgan fingerprint density at radius 2 is 1.84 bits per heavy atom. The van der Waals surface area contributed by atoms with Crippen molar-refractivity contribution in [3.05, 3.63) is 70.0 Å². The normalized spacial score (nSPS) is 11.2. The van der Waals surface area contributed by atoms with Crippen LogP contribution < -0.4 is 5.56 Å². The largest absolute Gasteiger partial charge is 0.506 e. The molecule has 0 aliphatic heterocycles. The van der Waals surface area contributed by atoms with Crippen LogP contribution in [0.3, 0.4) is 0 Å². The second-order valence-corrected chi connectivity index (χ2v) is 5.41. The molecule has 6 nitrogen and oxygen atoms in total. The Morgan fingerprint density at radius 1 is 1.16 bits per heavy atom. The van der Waals surface area contributed by atoms with E-state index in [-0.39, 0.29) is 28.1 Å². The van der Waals surface area contributed by atoms with Gasteiger partial charge in [-0.25, -0.2) is 4.79 Å². The lowest BCUT2D eigenvalue weighted by Gasteiger charge is -2.11. The molecule has 1 aromatic heterocycles. The first-order chi connectivity index (χ1) is 12.0. The number of aromatic nitrogens is 1. The smallest absolute Gasteiger partial charge is 0.337 e. The first-order valence-corrected chi connectivity index (χ1v) is 7.75. The Balaban J connectivity index is 2.21. The molecule has 0 amide bonds. The van der Waals surface area contributed by atoms with E-state index in [0.29, 0.717) is 17.4 Å². The van der Waals surface area contributed by atoms with Crippen LogP contribution in [0.15, 0.2) is 58.3 Å². The molecule has 0 aliphatic rings. The highest BCUT2D eigenvalue weighted by atomic mass is 16.4. The molecule has 0 bridgehead atoms. The van der Waals surface area contributed by atoms with E-state index < -0.39 is 5.97 Å². The highest BCUT2D eigenvalue weighted by molar-refractivity contribution is 5.98. The van der Waals surface area contributed by atoms with Gasteiger partial charge in [0.15, 0.2) is 0 Å². The molecular formula is C19H16N2O4. The quantitative estimate of drug-likeness (QED) is 0.716. The summed E-state index contributed by atoms with van der Waals surface area (Å²) in [5.41, 5.74) is 0.520. The lowest BCUT2D eigenvalue weighted by molar-refractivity contribution is 0.0698. The fourth-order valence-electron chi connectivity index (χ4n) is 2.74. The van der Waals surface area contributed by atoms with Crippen LogP contribution in [-0.4, -0.2) is 27.0 Å². The van der Waals surface area contributed by atoms with E-state index in [1.165, 1.54) is 18.3 Å². The van der Waals surface area contributed by atoms with Crippen molar-refractivity contribution >= 4 is 28.8 Å². The van der Waals surface area contributed by atoms with Crippen molar-refractivity contribution in [2.75, 3.05) is 0 Å². The number of benzene rings is 2. The van der Waals surface area contributed by atoms with Gasteiger partial charge in [0, 0.05) is 18.1 Å². The monoisotopic (exact) mass is 336 g/mol. The Bertz CT molecular complexity index is 1050. The summed E-state index contributed by atoms with van der Waals surface area (Å²) < 4.78 is 1.54. The molecule has 0 unspecified atom stereocenters. The molecule has 0 fully saturated rings. The average Bonchev–Trinajstić information content (AvgIpc) is 2.62. The zero-order chi connectivity index (χ0) is 18.0. The van der Waals surface area contributed by atoms with Crippen molar-refractivity contribution in [3.8, 4) is 5.75 Å². The third kappa shape index (κ3) is 2.89. The van der Waals surface area contributed by atoms with Crippen LogP contribution in [0.5, 0.6) is 5.75 Å². The molecule has 2 N–H and O–H groups in total. The van der Waals surface area contributed by atoms with Crippen LogP contribution in [0, 0.1) is 0 Å². The molecule has 25 heavy (non-hydrogen) atoms. The summed E-state index contributed by atoms with van der Waals surface area (Å²) in [6, 6.07) is 13.3. The number of carbonyl (C=O) groups is 1. The van der Waals surface area contributed by atoms with Crippen molar-refractivity contribution in [2.24, 2.45) is 4.99 Å². The molecule has 0 spiro atoms. The highest BCUT2D eigenvalue weighted by Gasteiger charge is 2.14. The number of carboxylic acid groups (broad SMARTS) is 1. The third-order valence-electron chi connectivity index (χ3n) is 3.96. The van der Waals surface area contributed by atoms with Gasteiger partial charge in [0.2, 0.25) is 0 Å². The minimum absolute atomic E-state index is 0.0230.